The van der Waals surface area contributed by atoms with Crippen LogP contribution in [0.4, 0.5) is 0 Å². The van der Waals surface area contributed by atoms with E-state index in [1.807, 2.05) is 91.0 Å². The number of aromatic amines is 2. The second-order valence-corrected chi connectivity index (χ2v) is 25.6. The Morgan fingerprint density at radius 1 is 0.458 bits per heavy atom. The summed E-state index contributed by atoms with van der Waals surface area (Å²) >= 11 is 0. The van der Waals surface area contributed by atoms with Crippen molar-refractivity contribution in [2.24, 2.45) is 22.7 Å². The molecule has 7 aliphatic rings. The van der Waals surface area contributed by atoms with Crippen molar-refractivity contribution in [3.63, 3.8) is 0 Å². The number of aliphatic hydroxyl groups excluding tert-OH is 3. The Hall–Kier alpha value is -10.8. The lowest BCUT2D eigenvalue weighted by Crippen LogP contribution is -2.56. The number of aromatic nitrogens is 4. The van der Waals surface area contributed by atoms with Crippen molar-refractivity contribution in [2.45, 2.75) is 69.7 Å². The molecular formula is C73H67N11O12. The molecule has 3 aliphatic carbocycles. The lowest BCUT2D eigenvalue weighted by molar-refractivity contribution is -0.158. The molecule has 486 valence electrons. The molecule has 0 radical (unpaired) electrons. The summed E-state index contributed by atoms with van der Waals surface area (Å²) in [5.41, 5.74) is -4.48. The number of nitrogens with zero attached hydrogens (tertiary/aromatic N) is 9. The van der Waals surface area contributed by atoms with Gasteiger partial charge in [0.25, 0.3) is 0 Å². The predicted molar refractivity (Wildman–Crippen MR) is 343 cm³/mol. The van der Waals surface area contributed by atoms with E-state index in [2.05, 4.69) is 43.6 Å². The summed E-state index contributed by atoms with van der Waals surface area (Å²) in [7, 11) is 9.72. The van der Waals surface area contributed by atoms with E-state index in [0.717, 1.165) is 16.7 Å². The second-order valence-electron chi connectivity index (χ2n) is 25.6. The molecule has 23 heteroatoms. The van der Waals surface area contributed by atoms with Crippen molar-refractivity contribution in [1.82, 2.24) is 35.1 Å². The molecule has 23 nitrogen and oxygen atoms in total. The van der Waals surface area contributed by atoms with Crippen LogP contribution in [0.1, 0.15) is 79.2 Å². The molecule has 96 heavy (non-hydrogen) atoms. The Balaban J connectivity index is 0.000000130. The summed E-state index contributed by atoms with van der Waals surface area (Å²) in [6.07, 6.45) is 0.249. The van der Waals surface area contributed by atoms with E-state index < -0.39 is 87.4 Å². The van der Waals surface area contributed by atoms with Gasteiger partial charge in [0.15, 0.2) is 45.1 Å². The van der Waals surface area contributed by atoms with Gasteiger partial charge in [-0.1, -0.05) is 127 Å². The maximum absolute atomic E-state index is 13.4. The molecule has 1 saturated heterocycles. The number of carbonyl (C=O) groups is 3. The van der Waals surface area contributed by atoms with Gasteiger partial charge in [-0.2, -0.15) is 26.0 Å². The van der Waals surface area contributed by atoms with E-state index in [1.54, 1.807) is 121 Å². The van der Waals surface area contributed by atoms with Gasteiger partial charge in [0, 0.05) is 60.0 Å². The number of hydrogen-bond donors (Lipinski definition) is 8. The Labute approximate surface area is 551 Å². The number of H-pyrrole nitrogens is 2. The molecule has 8 aromatic rings. The minimum absolute atomic E-state index is 0.226. The molecule has 6 heterocycles. The van der Waals surface area contributed by atoms with Gasteiger partial charge in [-0.15, -0.1) is 0 Å². The van der Waals surface area contributed by atoms with Crippen LogP contribution in [-0.2, 0) is 47.1 Å². The zero-order valence-corrected chi connectivity index (χ0v) is 52.9. The van der Waals surface area contributed by atoms with Crippen molar-refractivity contribution >= 4 is 23.4 Å². The van der Waals surface area contributed by atoms with Gasteiger partial charge in [-0.25, -0.2) is 0 Å². The van der Waals surface area contributed by atoms with E-state index in [9.17, 15) is 60.8 Å². The van der Waals surface area contributed by atoms with Gasteiger partial charge in [0.2, 0.25) is 17.7 Å². The Morgan fingerprint density at radius 2 is 0.760 bits per heavy atom. The second kappa shape index (κ2) is 23.6. The summed E-state index contributed by atoms with van der Waals surface area (Å²) in [5, 5.41) is 113. The SMILES string of the molecule is CN(C)C(=O)[C@H]1[C@@H](O)[C@@]2(O)C3=NCC=C3O[C@@]2(c2ccc(C#N)cc2)[C@@H]1c1ccccc1.CN(C)C(=O)[C@H]1[C@@H](O)[C@@]2(O)c3[nH]ncc3O[C@@]2(c2ccc(C#N)cc2)[C@@H]1c1ccccc1.CN(C)C(=O)[C@H]1[C@@H](O)[C@@]2(O)c3[nH]ncc3O[C@@]2(c2ccc(C#N)cc2)[C@@H]1c1ccccc1. The third-order valence-corrected chi connectivity index (χ3v) is 20.3. The summed E-state index contributed by atoms with van der Waals surface area (Å²) in [5.74, 6) is -5.05. The molecule has 0 unspecified atom stereocenters. The van der Waals surface area contributed by atoms with E-state index in [-0.39, 0.29) is 34.8 Å². The molecule has 2 aromatic heterocycles. The standard InChI is InChI=1S/C25H23N3O4.2C24H22N4O4/c1-28(2)23(30)19-20(16-6-4-3-5-7-16)25(17-10-8-15(14-26)9-11-17)24(31,22(19)29)21-18(32-25)12-13-27-21;2*1-28(2)22(30)18-19(15-6-4-3-5-7-15)24(16-10-8-14(12-25)9-11-16)23(31,21(18)29)20-17(32-24)13-26-27-20/h3-12,19-20,22,29,31H,13H2,1-2H3;2*3-11,13,18-19,21,29,31H,1-2H3,(H,26,27)/t19-,20-,22-,24+,25+;2*18-,19-,21-,23+,24+/m111/s1. The van der Waals surface area contributed by atoms with Crippen molar-refractivity contribution < 1.29 is 59.2 Å². The highest BCUT2D eigenvalue weighted by atomic mass is 16.6. The zero-order valence-electron chi connectivity index (χ0n) is 52.9. The molecule has 0 bridgehead atoms. The number of carbonyl (C=O) groups excluding carboxylic acids is 3. The number of fused-ring (bicyclic) bond motifs is 9. The molecule has 3 amide bonds. The summed E-state index contributed by atoms with van der Waals surface area (Å²) in [4.78, 5) is 48.8. The maximum Gasteiger partial charge on any atom is 0.228 e. The number of aliphatic imine (C=N–C) groups is 1. The van der Waals surface area contributed by atoms with Gasteiger partial charge in [-0.3, -0.25) is 29.6 Å². The highest BCUT2D eigenvalue weighted by Gasteiger charge is 2.81. The van der Waals surface area contributed by atoms with Crippen LogP contribution in [0, 0.1) is 51.7 Å². The van der Waals surface area contributed by atoms with Crippen LogP contribution in [0.25, 0.3) is 0 Å². The molecule has 6 aromatic carbocycles. The first-order valence-corrected chi connectivity index (χ1v) is 31.0. The molecule has 15 atom stereocenters. The lowest BCUT2D eigenvalue weighted by atomic mass is 9.71. The first kappa shape index (κ1) is 63.9. The zero-order chi connectivity index (χ0) is 68.0. The summed E-state index contributed by atoms with van der Waals surface area (Å²) in [6.45, 7) is 0.339. The first-order valence-electron chi connectivity index (χ1n) is 31.0. The van der Waals surface area contributed by atoms with Crippen molar-refractivity contribution in [3.8, 4) is 29.7 Å². The largest absolute Gasteiger partial charge is 0.477 e. The van der Waals surface area contributed by atoms with Crippen LogP contribution in [0.3, 0.4) is 0 Å². The van der Waals surface area contributed by atoms with Crippen LogP contribution in [0.5, 0.6) is 11.5 Å². The van der Waals surface area contributed by atoms with Crippen LogP contribution in [0.15, 0.2) is 193 Å². The molecule has 8 N–H and O–H groups in total. The number of ether oxygens (including phenoxy) is 3. The number of nitriles is 3. The quantitative estimate of drug-likeness (QED) is 0.0947. The molecule has 4 aliphatic heterocycles. The molecule has 4 fully saturated rings. The summed E-state index contributed by atoms with van der Waals surface area (Å²) < 4.78 is 19.4. The fourth-order valence-corrected chi connectivity index (χ4v) is 16.2. The van der Waals surface area contributed by atoms with Crippen LogP contribution < -0.4 is 9.47 Å². The van der Waals surface area contributed by atoms with Gasteiger partial charge in [0.1, 0.15) is 41.2 Å². The fourth-order valence-electron chi connectivity index (χ4n) is 16.2. The number of rotatable bonds is 9. The van der Waals surface area contributed by atoms with Gasteiger partial charge < -0.3 is 59.5 Å². The van der Waals surface area contributed by atoms with Crippen molar-refractivity contribution in [3.05, 3.63) is 249 Å². The Kier molecular flexibility index (Phi) is 15.7. The predicted octanol–water partition coefficient (Wildman–Crippen LogP) is 4.96. The lowest BCUT2D eigenvalue weighted by Gasteiger charge is -2.40. The minimum Gasteiger partial charge on any atom is -0.477 e. The molecule has 3 saturated carbocycles. The fraction of sp³-hybridized carbons (Fsp3) is 0.301. The van der Waals surface area contributed by atoms with Crippen molar-refractivity contribution in [2.75, 3.05) is 48.8 Å². The van der Waals surface area contributed by atoms with E-state index in [0.29, 0.717) is 57.2 Å². The molecule has 0 spiro atoms. The Bertz CT molecular complexity index is 4330. The normalized spacial score (nSPS) is 30.9. The van der Waals surface area contributed by atoms with Crippen LogP contribution in [-0.4, -0.2) is 162 Å². The Morgan fingerprint density at radius 3 is 1.06 bits per heavy atom. The number of nitrogens with one attached hydrogen (secondary N) is 2. The average Bonchev–Trinajstić information content (AvgIpc) is 1.51. The number of hydrogen-bond acceptors (Lipinski definition) is 18. The maximum atomic E-state index is 13.4. The number of benzene rings is 6. The minimum atomic E-state index is -1.98. The smallest absolute Gasteiger partial charge is 0.228 e. The summed E-state index contributed by atoms with van der Waals surface area (Å²) in [6, 6.07) is 54.2. The molecule has 15 rings (SSSR count). The van der Waals surface area contributed by atoms with Gasteiger partial charge in [-0.05, 0) is 75.9 Å². The first-order chi connectivity index (χ1) is 46.1. The van der Waals surface area contributed by atoms with E-state index >= 15 is 0 Å². The highest BCUT2D eigenvalue weighted by Crippen LogP contribution is 2.71. The average molecular weight is 1290 g/mol. The van der Waals surface area contributed by atoms with E-state index in [4.69, 9.17) is 14.2 Å². The number of amides is 3. The van der Waals surface area contributed by atoms with E-state index in [1.165, 1.54) is 27.1 Å². The van der Waals surface area contributed by atoms with Crippen LogP contribution in [0.2, 0.25) is 0 Å². The topological polar surface area (TPSA) is 351 Å². The van der Waals surface area contributed by atoms with Gasteiger partial charge in [0.05, 0.1) is 71.6 Å². The highest BCUT2D eigenvalue weighted by molar-refractivity contribution is 6.11. The third kappa shape index (κ3) is 8.77. The third-order valence-electron chi connectivity index (χ3n) is 20.3. The monoisotopic (exact) mass is 1290 g/mol. The number of aliphatic hydroxyl groups is 6. The van der Waals surface area contributed by atoms with Crippen LogP contribution >= 0.6 is 0 Å². The van der Waals surface area contributed by atoms with Gasteiger partial charge >= 0.3 is 0 Å². The molecular weight excluding hydrogens is 1220 g/mol. The van der Waals surface area contributed by atoms with Crippen molar-refractivity contribution in [1.29, 1.82) is 15.8 Å².